The molecule has 0 aliphatic carbocycles. The van der Waals surface area contributed by atoms with Crippen molar-refractivity contribution < 1.29 is 14.1 Å². The molecule has 0 bridgehead atoms. The minimum Gasteiger partial charge on any atom is -0.351 e. The summed E-state index contributed by atoms with van der Waals surface area (Å²) in [4.78, 5) is 25.1. The van der Waals surface area contributed by atoms with E-state index in [1.165, 1.54) is 19.2 Å². The van der Waals surface area contributed by atoms with Crippen LogP contribution >= 0.6 is 0 Å². The molecule has 6 heteroatoms. The number of anilines is 2. The summed E-state index contributed by atoms with van der Waals surface area (Å²) in [6, 6.07) is 7.04. The van der Waals surface area contributed by atoms with Gasteiger partial charge in [-0.3, -0.25) is 9.59 Å². The van der Waals surface area contributed by atoms with E-state index in [-0.39, 0.29) is 17.6 Å². The molecule has 6 nitrogen and oxygen atoms in total. The molecule has 0 saturated carbocycles. The van der Waals surface area contributed by atoms with Gasteiger partial charge in [-0.15, -0.1) is 0 Å². The summed E-state index contributed by atoms with van der Waals surface area (Å²) in [5.41, 5.74) is 2.59. The molecule has 0 atom stereocenters. The molecule has 0 radical (unpaired) electrons. The molecule has 0 saturated heterocycles. The van der Waals surface area contributed by atoms with Crippen LogP contribution in [0.5, 0.6) is 0 Å². The van der Waals surface area contributed by atoms with Crippen molar-refractivity contribution in [2.75, 3.05) is 16.8 Å². The van der Waals surface area contributed by atoms with Gasteiger partial charge in [0.1, 0.15) is 0 Å². The molecule has 1 aromatic heterocycles. The summed E-state index contributed by atoms with van der Waals surface area (Å²) in [5.74, 6) is -0.216. The van der Waals surface area contributed by atoms with Crippen molar-refractivity contribution in [3.8, 4) is 0 Å². The Labute approximate surface area is 115 Å². The van der Waals surface area contributed by atoms with E-state index in [0.717, 1.165) is 17.7 Å². The minimum atomic E-state index is -0.366. The summed E-state index contributed by atoms with van der Waals surface area (Å²) in [6.07, 6.45) is 2.25. The van der Waals surface area contributed by atoms with Crippen LogP contribution in [-0.2, 0) is 11.2 Å². The van der Waals surface area contributed by atoms with Gasteiger partial charge < -0.3 is 14.7 Å². The highest BCUT2D eigenvalue weighted by Crippen LogP contribution is 2.31. The van der Waals surface area contributed by atoms with Crippen molar-refractivity contribution in [1.82, 2.24) is 5.16 Å². The summed E-state index contributed by atoms with van der Waals surface area (Å²) in [5, 5.41) is 6.21. The first-order valence-electron chi connectivity index (χ1n) is 6.28. The predicted molar refractivity (Wildman–Crippen MR) is 72.6 cm³/mol. The highest BCUT2D eigenvalue weighted by atomic mass is 16.5. The maximum absolute atomic E-state index is 11.9. The Hall–Kier alpha value is -2.63. The van der Waals surface area contributed by atoms with Crippen molar-refractivity contribution in [3.63, 3.8) is 0 Å². The van der Waals surface area contributed by atoms with Crippen LogP contribution < -0.4 is 10.2 Å². The van der Waals surface area contributed by atoms with Gasteiger partial charge in [0, 0.05) is 30.9 Å². The second kappa shape index (κ2) is 4.80. The average Bonchev–Trinajstić information content (AvgIpc) is 3.07. The number of amides is 2. The van der Waals surface area contributed by atoms with Gasteiger partial charge in [0.2, 0.25) is 11.7 Å². The van der Waals surface area contributed by atoms with Gasteiger partial charge in [0.25, 0.3) is 5.91 Å². The highest BCUT2D eigenvalue weighted by Gasteiger charge is 2.22. The van der Waals surface area contributed by atoms with Gasteiger partial charge in [0.15, 0.2) is 0 Å². The topological polar surface area (TPSA) is 75.4 Å². The molecular formula is C14H13N3O3. The second-order valence-corrected chi connectivity index (χ2v) is 4.59. The Morgan fingerprint density at radius 3 is 2.90 bits per heavy atom. The predicted octanol–water partition coefficient (Wildman–Crippen LogP) is 1.84. The lowest BCUT2D eigenvalue weighted by Gasteiger charge is -2.15. The average molecular weight is 271 g/mol. The van der Waals surface area contributed by atoms with Crippen LogP contribution in [0.1, 0.15) is 23.0 Å². The number of fused-ring (bicyclic) bond motifs is 1. The molecule has 1 N–H and O–H groups in total. The Kier molecular flexibility index (Phi) is 2.98. The van der Waals surface area contributed by atoms with E-state index in [1.807, 2.05) is 12.1 Å². The van der Waals surface area contributed by atoms with Crippen LogP contribution in [0, 0.1) is 0 Å². The Balaban J connectivity index is 1.84. The summed E-state index contributed by atoms with van der Waals surface area (Å²) < 4.78 is 4.79. The van der Waals surface area contributed by atoms with Crippen LogP contribution in [0.2, 0.25) is 0 Å². The van der Waals surface area contributed by atoms with Crippen molar-refractivity contribution >= 4 is 23.2 Å². The number of hydrogen-bond donors (Lipinski definition) is 1. The van der Waals surface area contributed by atoms with Crippen molar-refractivity contribution in [2.24, 2.45) is 0 Å². The van der Waals surface area contributed by atoms with Gasteiger partial charge >= 0.3 is 0 Å². The molecule has 0 spiro atoms. The lowest BCUT2D eigenvalue weighted by molar-refractivity contribution is -0.116. The number of nitrogens with one attached hydrogen (secondary N) is 1. The van der Waals surface area contributed by atoms with Gasteiger partial charge in [-0.05, 0) is 24.1 Å². The van der Waals surface area contributed by atoms with Crippen molar-refractivity contribution in [3.05, 3.63) is 41.8 Å². The van der Waals surface area contributed by atoms with Crippen LogP contribution in [0.3, 0.4) is 0 Å². The molecule has 2 amide bonds. The molecule has 2 aromatic rings. The van der Waals surface area contributed by atoms with E-state index in [2.05, 4.69) is 10.5 Å². The van der Waals surface area contributed by atoms with Gasteiger partial charge in [-0.2, -0.15) is 0 Å². The zero-order chi connectivity index (χ0) is 14.1. The number of carbonyl (C=O) groups is 2. The number of rotatable bonds is 2. The zero-order valence-corrected chi connectivity index (χ0v) is 10.9. The Bertz CT molecular complexity index is 664. The lowest BCUT2D eigenvalue weighted by Crippen LogP contribution is -2.25. The standard InChI is InChI=1S/C14H13N3O3/c1-9(18)17-7-5-10-2-3-11(8-12(10)17)16-14(19)13-4-6-15-20-13/h2-4,6,8H,5,7H2,1H3,(H,16,19). The fourth-order valence-electron chi connectivity index (χ4n) is 2.31. The van der Waals surface area contributed by atoms with E-state index in [9.17, 15) is 9.59 Å². The molecule has 102 valence electrons. The molecule has 2 heterocycles. The first-order chi connectivity index (χ1) is 9.65. The normalized spacial score (nSPS) is 13.2. The third kappa shape index (κ3) is 2.16. The molecule has 20 heavy (non-hydrogen) atoms. The smallest absolute Gasteiger partial charge is 0.294 e. The molecule has 1 aliphatic rings. The molecule has 0 unspecified atom stereocenters. The summed E-state index contributed by atoms with van der Waals surface area (Å²) >= 11 is 0. The lowest BCUT2D eigenvalue weighted by atomic mass is 10.1. The molecule has 1 aromatic carbocycles. The van der Waals surface area contributed by atoms with Gasteiger partial charge in [-0.25, -0.2) is 0 Å². The number of hydrogen-bond acceptors (Lipinski definition) is 4. The van der Waals surface area contributed by atoms with E-state index >= 15 is 0 Å². The molecular weight excluding hydrogens is 258 g/mol. The third-order valence-electron chi connectivity index (χ3n) is 3.28. The largest absolute Gasteiger partial charge is 0.351 e. The summed E-state index contributed by atoms with van der Waals surface area (Å²) in [6.45, 7) is 2.22. The second-order valence-electron chi connectivity index (χ2n) is 4.59. The van der Waals surface area contributed by atoms with Crippen molar-refractivity contribution in [2.45, 2.75) is 13.3 Å². The van der Waals surface area contributed by atoms with E-state index in [4.69, 9.17) is 4.52 Å². The third-order valence-corrected chi connectivity index (χ3v) is 3.28. The molecule has 1 aliphatic heterocycles. The van der Waals surface area contributed by atoms with Crippen LogP contribution in [0.25, 0.3) is 0 Å². The monoisotopic (exact) mass is 271 g/mol. The first kappa shape index (κ1) is 12.4. The van der Waals surface area contributed by atoms with Crippen LogP contribution in [0.15, 0.2) is 35.0 Å². The first-order valence-corrected chi connectivity index (χ1v) is 6.28. The number of nitrogens with zero attached hydrogens (tertiary/aromatic N) is 2. The zero-order valence-electron chi connectivity index (χ0n) is 10.9. The highest BCUT2D eigenvalue weighted by molar-refractivity contribution is 6.03. The quantitative estimate of drug-likeness (QED) is 0.904. The van der Waals surface area contributed by atoms with Crippen molar-refractivity contribution in [1.29, 1.82) is 0 Å². The number of benzene rings is 1. The van der Waals surface area contributed by atoms with Gasteiger partial charge in [-0.1, -0.05) is 11.2 Å². The fraction of sp³-hybridized carbons (Fsp3) is 0.214. The maximum atomic E-state index is 11.9. The van der Waals surface area contributed by atoms with Gasteiger partial charge in [0.05, 0.1) is 6.20 Å². The minimum absolute atomic E-state index is 0.00228. The molecule has 3 rings (SSSR count). The molecule has 0 fully saturated rings. The Morgan fingerprint density at radius 1 is 1.35 bits per heavy atom. The van der Waals surface area contributed by atoms with Crippen LogP contribution in [0.4, 0.5) is 11.4 Å². The fourth-order valence-corrected chi connectivity index (χ4v) is 2.31. The summed E-state index contributed by atoms with van der Waals surface area (Å²) in [7, 11) is 0. The van der Waals surface area contributed by atoms with E-state index in [0.29, 0.717) is 12.2 Å². The number of carbonyl (C=O) groups excluding carboxylic acids is 2. The van der Waals surface area contributed by atoms with Crippen LogP contribution in [-0.4, -0.2) is 23.5 Å². The SMILES string of the molecule is CC(=O)N1CCc2ccc(NC(=O)c3ccno3)cc21. The maximum Gasteiger partial charge on any atom is 0.294 e. The Morgan fingerprint density at radius 2 is 2.20 bits per heavy atom. The van der Waals surface area contributed by atoms with E-state index < -0.39 is 0 Å². The van der Waals surface area contributed by atoms with E-state index in [1.54, 1.807) is 11.0 Å². The number of aromatic nitrogens is 1.